The highest BCUT2D eigenvalue weighted by Gasteiger charge is 1.99. The minimum atomic E-state index is -0.308. The SMILES string of the molecule is CC(O)CCOc1ccc(Cc2ccccc2)cc1. The van der Waals surface area contributed by atoms with E-state index in [0.29, 0.717) is 13.0 Å². The highest BCUT2D eigenvalue weighted by Crippen LogP contribution is 2.15. The van der Waals surface area contributed by atoms with Gasteiger partial charge in [-0.15, -0.1) is 0 Å². The molecule has 2 nitrogen and oxygen atoms in total. The van der Waals surface area contributed by atoms with Crippen molar-refractivity contribution in [2.45, 2.75) is 25.9 Å². The van der Waals surface area contributed by atoms with Crippen molar-refractivity contribution >= 4 is 0 Å². The smallest absolute Gasteiger partial charge is 0.119 e. The summed E-state index contributed by atoms with van der Waals surface area (Å²) in [6.07, 6.45) is 1.29. The summed E-state index contributed by atoms with van der Waals surface area (Å²) in [6, 6.07) is 18.6. The summed E-state index contributed by atoms with van der Waals surface area (Å²) in [5.74, 6) is 0.859. The zero-order valence-electron chi connectivity index (χ0n) is 11.3. The molecule has 0 spiro atoms. The zero-order chi connectivity index (χ0) is 13.5. The number of hydrogen-bond acceptors (Lipinski definition) is 2. The number of benzene rings is 2. The van der Waals surface area contributed by atoms with Crippen LogP contribution in [0.1, 0.15) is 24.5 Å². The van der Waals surface area contributed by atoms with Crippen molar-refractivity contribution in [2.75, 3.05) is 6.61 Å². The lowest BCUT2D eigenvalue weighted by Crippen LogP contribution is -2.07. The van der Waals surface area contributed by atoms with Crippen molar-refractivity contribution in [1.29, 1.82) is 0 Å². The van der Waals surface area contributed by atoms with Gasteiger partial charge < -0.3 is 9.84 Å². The lowest BCUT2D eigenvalue weighted by Gasteiger charge is -2.08. The lowest BCUT2D eigenvalue weighted by atomic mass is 10.1. The summed E-state index contributed by atoms with van der Waals surface area (Å²) in [7, 11) is 0. The first kappa shape index (κ1) is 13.6. The Labute approximate surface area is 114 Å². The van der Waals surface area contributed by atoms with E-state index in [2.05, 4.69) is 36.4 Å². The Bertz CT molecular complexity index is 474. The molecule has 0 saturated carbocycles. The average Bonchev–Trinajstić information content (AvgIpc) is 2.42. The maximum Gasteiger partial charge on any atom is 0.119 e. The van der Waals surface area contributed by atoms with Gasteiger partial charge in [0.1, 0.15) is 5.75 Å². The molecule has 1 N–H and O–H groups in total. The molecule has 0 heterocycles. The largest absolute Gasteiger partial charge is 0.493 e. The summed E-state index contributed by atoms with van der Waals surface area (Å²) in [4.78, 5) is 0. The second-order valence-corrected chi connectivity index (χ2v) is 4.79. The quantitative estimate of drug-likeness (QED) is 0.858. The maximum absolute atomic E-state index is 9.16. The third-order valence-corrected chi connectivity index (χ3v) is 2.98. The molecule has 1 unspecified atom stereocenters. The zero-order valence-corrected chi connectivity index (χ0v) is 11.3. The third kappa shape index (κ3) is 4.76. The van der Waals surface area contributed by atoms with Crippen molar-refractivity contribution < 1.29 is 9.84 Å². The molecule has 0 fully saturated rings. The van der Waals surface area contributed by atoms with Gasteiger partial charge in [-0.05, 0) is 36.6 Å². The molecule has 0 aliphatic carbocycles. The van der Waals surface area contributed by atoms with E-state index >= 15 is 0 Å². The van der Waals surface area contributed by atoms with Gasteiger partial charge in [0.05, 0.1) is 12.7 Å². The second-order valence-electron chi connectivity index (χ2n) is 4.79. The molecule has 0 radical (unpaired) electrons. The Morgan fingerprint density at radius 1 is 0.947 bits per heavy atom. The van der Waals surface area contributed by atoms with Crippen LogP contribution in [0.15, 0.2) is 54.6 Å². The van der Waals surface area contributed by atoms with E-state index in [0.717, 1.165) is 12.2 Å². The third-order valence-electron chi connectivity index (χ3n) is 2.98. The van der Waals surface area contributed by atoms with Gasteiger partial charge in [0.2, 0.25) is 0 Å². The first-order valence-corrected chi connectivity index (χ1v) is 6.68. The molecule has 0 amide bonds. The van der Waals surface area contributed by atoms with E-state index in [1.807, 2.05) is 18.2 Å². The molecule has 2 aromatic carbocycles. The Morgan fingerprint density at radius 3 is 2.21 bits per heavy atom. The first-order chi connectivity index (χ1) is 9.24. The monoisotopic (exact) mass is 256 g/mol. The number of ether oxygens (including phenoxy) is 1. The summed E-state index contributed by atoms with van der Waals surface area (Å²) in [5.41, 5.74) is 2.58. The normalized spacial score (nSPS) is 12.1. The van der Waals surface area contributed by atoms with Crippen LogP contribution in [0.5, 0.6) is 5.75 Å². The summed E-state index contributed by atoms with van der Waals surface area (Å²) < 4.78 is 5.56. The van der Waals surface area contributed by atoms with E-state index in [9.17, 15) is 0 Å². The van der Waals surface area contributed by atoms with Crippen molar-refractivity contribution in [2.24, 2.45) is 0 Å². The van der Waals surface area contributed by atoms with E-state index < -0.39 is 0 Å². The maximum atomic E-state index is 9.16. The summed E-state index contributed by atoms with van der Waals surface area (Å²) in [6.45, 7) is 2.32. The van der Waals surface area contributed by atoms with E-state index in [4.69, 9.17) is 9.84 Å². The Hall–Kier alpha value is -1.80. The fraction of sp³-hybridized carbons (Fsp3) is 0.294. The summed E-state index contributed by atoms with van der Waals surface area (Å²) >= 11 is 0. The fourth-order valence-electron chi connectivity index (χ4n) is 1.88. The van der Waals surface area contributed by atoms with Crippen molar-refractivity contribution in [3.8, 4) is 5.75 Å². The van der Waals surface area contributed by atoms with Crippen LogP contribution in [0.2, 0.25) is 0 Å². The lowest BCUT2D eigenvalue weighted by molar-refractivity contribution is 0.155. The van der Waals surface area contributed by atoms with Crippen molar-refractivity contribution in [3.05, 3.63) is 65.7 Å². The van der Waals surface area contributed by atoms with Crippen molar-refractivity contribution in [1.82, 2.24) is 0 Å². The Morgan fingerprint density at radius 2 is 1.58 bits per heavy atom. The molecule has 0 aliphatic heterocycles. The molecule has 0 saturated heterocycles. The Kier molecular flexibility index (Phi) is 4.99. The number of hydrogen-bond donors (Lipinski definition) is 1. The van der Waals surface area contributed by atoms with Gasteiger partial charge in [-0.2, -0.15) is 0 Å². The van der Waals surface area contributed by atoms with Crippen LogP contribution in [0, 0.1) is 0 Å². The molecular formula is C17H20O2. The average molecular weight is 256 g/mol. The van der Waals surface area contributed by atoms with Gasteiger partial charge >= 0.3 is 0 Å². The van der Waals surface area contributed by atoms with Gasteiger partial charge in [-0.3, -0.25) is 0 Å². The van der Waals surface area contributed by atoms with Gasteiger partial charge in [-0.25, -0.2) is 0 Å². The van der Waals surface area contributed by atoms with Gasteiger partial charge in [0.25, 0.3) is 0 Å². The first-order valence-electron chi connectivity index (χ1n) is 6.68. The van der Waals surface area contributed by atoms with Gasteiger partial charge in [0, 0.05) is 6.42 Å². The molecule has 0 aromatic heterocycles. The van der Waals surface area contributed by atoms with Gasteiger partial charge in [-0.1, -0.05) is 42.5 Å². The molecule has 2 heteroatoms. The molecule has 19 heavy (non-hydrogen) atoms. The van der Waals surface area contributed by atoms with Crippen LogP contribution in [0.3, 0.4) is 0 Å². The van der Waals surface area contributed by atoms with Crippen LogP contribution in [0.25, 0.3) is 0 Å². The van der Waals surface area contributed by atoms with E-state index in [1.165, 1.54) is 11.1 Å². The fourth-order valence-corrected chi connectivity index (χ4v) is 1.88. The van der Waals surface area contributed by atoms with Crippen LogP contribution >= 0.6 is 0 Å². The topological polar surface area (TPSA) is 29.5 Å². The predicted octanol–water partition coefficient (Wildman–Crippen LogP) is 3.43. The van der Waals surface area contributed by atoms with Gasteiger partial charge in [0.15, 0.2) is 0 Å². The summed E-state index contributed by atoms with van der Waals surface area (Å²) in [5, 5.41) is 9.16. The standard InChI is InChI=1S/C17H20O2/c1-14(18)11-12-19-17-9-7-16(8-10-17)13-15-5-3-2-4-6-15/h2-10,14,18H,11-13H2,1H3. The predicted molar refractivity (Wildman–Crippen MR) is 77.5 cm³/mol. The highest BCUT2D eigenvalue weighted by molar-refractivity contribution is 5.31. The van der Waals surface area contributed by atoms with Crippen LogP contribution in [-0.4, -0.2) is 17.8 Å². The number of rotatable bonds is 6. The number of aliphatic hydroxyl groups excluding tert-OH is 1. The molecule has 2 aromatic rings. The molecule has 100 valence electrons. The van der Waals surface area contributed by atoms with Crippen molar-refractivity contribution in [3.63, 3.8) is 0 Å². The minimum absolute atomic E-state index is 0.308. The van der Waals surface area contributed by atoms with Crippen LogP contribution in [-0.2, 0) is 6.42 Å². The van der Waals surface area contributed by atoms with Crippen LogP contribution < -0.4 is 4.74 Å². The molecule has 0 aliphatic rings. The van der Waals surface area contributed by atoms with E-state index in [1.54, 1.807) is 6.92 Å². The molecular weight excluding hydrogens is 236 g/mol. The second kappa shape index (κ2) is 6.95. The minimum Gasteiger partial charge on any atom is -0.493 e. The Balaban J connectivity index is 1.88. The number of aliphatic hydroxyl groups is 1. The molecule has 0 bridgehead atoms. The molecule has 1 atom stereocenters. The highest BCUT2D eigenvalue weighted by atomic mass is 16.5. The van der Waals surface area contributed by atoms with Crippen LogP contribution in [0.4, 0.5) is 0 Å². The van der Waals surface area contributed by atoms with E-state index in [-0.39, 0.29) is 6.10 Å². The molecule has 2 rings (SSSR count).